The molecule has 0 unspecified atom stereocenters. The summed E-state index contributed by atoms with van der Waals surface area (Å²) in [6.45, 7) is 0.581. The van der Waals surface area contributed by atoms with Crippen molar-refractivity contribution in [2.45, 2.75) is 24.6 Å². The third kappa shape index (κ3) is 2.57. The van der Waals surface area contributed by atoms with Gasteiger partial charge in [0.25, 0.3) is 5.91 Å². The molecule has 9 heteroatoms. The Kier molecular flexibility index (Phi) is 3.37. The number of nitrogens with zero attached hydrogens (tertiary/aromatic N) is 1. The molecular formula is C16H12F4N2O2S. The largest absolute Gasteiger partial charge is 0.416 e. The third-order valence-electron chi connectivity index (χ3n) is 4.66. The van der Waals surface area contributed by atoms with Crippen LogP contribution >= 0.6 is 11.3 Å². The van der Waals surface area contributed by atoms with E-state index in [4.69, 9.17) is 0 Å². The Morgan fingerprint density at radius 2 is 2.00 bits per heavy atom. The van der Waals surface area contributed by atoms with Crippen molar-refractivity contribution in [3.05, 3.63) is 34.5 Å². The van der Waals surface area contributed by atoms with Crippen molar-refractivity contribution in [2.24, 2.45) is 0 Å². The quantitative estimate of drug-likeness (QED) is 0.782. The van der Waals surface area contributed by atoms with Crippen molar-refractivity contribution in [1.29, 1.82) is 0 Å². The van der Waals surface area contributed by atoms with Crippen LogP contribution in [-0.4, -0.2) is 35.3 Å². The first-order chi connectivity index (χ1) is 11.7. The standard InChI is InChI=1S/C16H12F4N2O2S/c17-12-9-2-1-8(16(18,19)20)5-10(9)25-13(12)14(24)22-6-15(7-22)4-3-11(23)21-15/h1-2,5H,3-4,6-7H2,(H,21,23). The fourth-order valence-corrected chi connectivity index (χ4v) is 4.45. The van der Waals surface area contributed by atoms with E-state index < -0.39 is 29.0 Å². The lowest BCUT2D eigenvalue weighted by atomic mass is 9.88. The molecule has 2 aliphatic rings. The minimum absolute atomic E-state index is 0.00533. The molecule has 1 N–H and O–H groups in total. The van der Waals surface area contributed by atoms with E-state index in [1.54, 1.807) is 0 Å². The first kappa shape index (κ1) is 16.3. The molecule has 1 aromatic heterocycles. The van der Waals surface area contributed by atoms with Crippen LogP contribution in [0.15, 0.2) is 18.2 Å². The van der Waals surface area contributed by atoms with E-state index >= 15 is 0 Å². The van der Waals surface area contributed by atoms with Crippen molar-refractivity contribution >= 4 is 33.2 Å². The molecule has 2 amide bonds. The van der Waals surface area contributed by atoms with E-state index in [0.29, 0.717) is 25.9 Å². The second kappa shape index (κ2) is 5.17. The maximum atomic E-state index is 14.5. The number of likely N-dealkylation sites (tertiary alicyclic amines) is 1. The van der Waals surface area contributed by atoms with Gasteiger partial charge in [-0.1, -0.05) is 0 Å². The van der Waals surface area contributed by atoms with Gasteiger partial charge in [0.2, 0.25) is 5.91 Å². The topological polar surface area (TPSA) is 49.4 Å². The Balaban J connectivity index is 1.60. The lowest BCUT2D eigenvalue weighted by Gasteiger charge is -2.47. The van der Waals surface area contributed by atoms with Crippen LogP contribution in [0, 0.1) is 5.82 Å². The van der Waals surface area contributed by atoms with Crippen molar-refractivity contribution in [3.63, 3.8) is 0 Å². The van der Waals surface area contributed by atoms with Gasteiger partial charge in [-0.3, -0.25) is 9.59 Å². The van der Waals surface area contributed by atoms with Crippen LogP contribution in [0.25, 0.3) is 10.1 Å². The summed E-state index contributed by atoms with van der Waals surface area (Å²) >= 11 is 0.718. The molecule has 4 rings (SSSR count). The number of halogens is 4. The minimum atomic E-state index is -4.52. The predicted octanol–water partition coefficient (Wildman–Crippen LogP) is 3.16. The maximum absolute atomic E-state index is 14.5. The summed E-state index contributed by atoms with van der Waals surface area (Å²) in [5.74, 6) is -1.42. The highest BCUT2D eigenvalue weighted by atomic mass is 32.1. The van der Waals surface area contributed by atoms with E-state index in [9.17, 15) is 27.2 Å². The number of carbonyl (C=O) groups is 2. The van der Waals surface area contributed by atoms with E-state index in [1.165, 1.54) is 4.90 Å². The number of rotatable bonds is 1. The summed E-state index contributed by atoms with van der Waals surface area (Å²) in [5, 5.41) is 2.83. The van der Waals surface area contributed by atoms with Gasteiger partial charge < -0.3 is 10.2 Å². The van der Waals surface area contributed by atoms with Crippen LogP contribution in [0.4, 0.5) is 17.6 Å². The van der Waals surface area contributed by atoms with Gasteiger partial charge in [0.05, 0.1) is 11.1 Å². The zero-order valence-electron chi connectivity index (χ0n) is 12.7. The van der Waals surface area contributed by atoms with Crippen LogP contribution in [0.2, 0.25) is 0 Å². The molecular weight excluding hydrogens is 360 g/mol. The Morgan fingerprint density at radius 1 is 1.28 bits per heavy atom. The van der Waals surface area contributed by atoms with E-state index in [1.807, 2.05) is 0 Å². The lowest BCUT2D eigenvalue weighted by molar-refractivity contribution is -0.137. The number of hydrogen-bond acceptors (Lipinski definition) is 3. The average Bonchev–Trinajstić information content (AvgIpc) is 3.05. The number of amides is 2. The highest BCUT2D eigenvalue weighted by molar-refractivity contribution is 7.20. The molecule has 1 aromatic carbocycles. The second-order valence-corrected chi connectivity index (χ2v) is 7.50. The highest BCUT2D eigenvalue weighted by Crippen LogP contribution is 2.38. The highest BCUT2D eigenvalue weighted by Gasteiger charge is 2.50. The van der Waals surface area contributed by atoms with Gasteiger partial charge in [-0.05, 0) is 24.6 Å². The van der Waals surface area contributed by atoms with Gasteiger partial charge in [-0.15, -0.1) is 11.3 Å². The first-order valence-electron chi connectivity index (χ1n) is 7.58. The van der Waals surface area contributed by atoms with Gasteiger partial charge in [0.15, 0.2) is 5.82 Å². The number of benzene rings is 1. The summed E-state index contributed by atoms with van der Waals surface area (Å²) in [4.78, 5) is 25.0. The van der Waals surface area contributed by atoms with Crippen molar-refractivity contribution in [2.75, 3.05) is 13.1 Å². The SMILES string of the molecule is O=C1CCC2(CN(C(=O)c3sc4cc(C(F)(F)F)ccc4c3F)C2)N1. The lowest BCUT2D eigenvalue weighted by Crippen LogP contribution is -2.68. The summed E-state index contributed by atoms with van der Waals surface area (Å²) in [6, 6.07) is 2.71. The van der Waals surface area contributed by atoms with Crippen molar-refractivity contribution in [3.8, 4) is 0 Å². The Hall–Kier alpha value is -2.16. The van der Waals surface area contributed by atoms with E-state index in [2.05, 4.69) is 5.32 Å². The zero-order valence-corrected chi connectivity index (χ0v) is 13.6. The summed E-state index contributed by atoms with van der Waals surface area (Å²) in [5.41, 5.74) is -1.31. The zero-order chi connectivity index (χ0) is 18.0. The fourth-order valence-electron chi connectivity index (χ4n) is 3.36. The number of nitrogens with one attached hydrogen (secondary N) is 1. The fraction of sp³-hybridized carbons (Fsp3) is 0.375. The number of hydrogen-bond donors (Lipinski definition) is 1. The maximum Gasteiger partial charge on any atom is 0.416 e. The molecule has 0 saturated carbocycles. The molecule has 2 aliphatic heterocycles. The van der Waals surface area contributed by atoms with Gasteiger partial charge in [-0.2, -0.15) is 13.2 Å². The molecule has 1 spiro atoms. The van der Waals surface area contributed by atoms with Gasteiger partial charge in [-0.25, -0.2) is 4.39 Å². The second-order valence-electron chi connectivity index (χ2n) is 6.44. The molecule has 2 fully saturated rings. The predicted molar refractivity (Wildman–Crippen MR) is 82.8 cm³/mol. The summed E-state index contributed by atoms with van der Waals surface area (Å²) in [7, 11) is 0. The Bertz CT molecular complexity index is 899. The molecule has 132 valence electrons. The molecule has 2 aromatic rings. The molecule has 0 aliphatic carbocycles. The van der Waals surface area contributed by atoms with E-state index in [0.717, 1.165) is 29.5 Å². The molecule has 25 heavy (non-hydrogen) atoms. The van der Waals surface area contributed by atoms with Gasteiger partial charge >= 0.3 is 6.18 Å². The molecule has 0 atom stereocenters. The van der Waals surface area contributed by atoms with Gasteiger partial charge in [0, 0.05) is 29.6 Å². The van der Waals surface area contributed by atoms with Crippen LogP contribution < -0.4 is 5.32 Å². The first-order valence-corrected chi connectivity index (χ1v) is 8.40. The van der Waals surface area contributed by atoms with Crippen molar-refractivity contribution in [1.82, 2.24) is 10.2 Å². The molecule has 0 bridgehead atoms. The molecule has 3 heterocycles. The molecule has 2 saturated heterocycles. The van der Waals surface area contributed by atoms with Crippen LogP contribution in [0.1, 0.15) is 28.1 Å². The van der Waals surface area contributed by atoms with Crippen LogP contribution in [0.5, 0.6) is 0 Å². The monoisotopic (exact) mass is 372 g/mol. The number of alkyl halides is 3. The van der Waals surface area contributed by atoms with E-state index in [-0.39, 0.29) is 20.9 Å². The Morgan fingerprint density at radius 3 is 2.60 bits per heavy atom. The average molecular weight is 372 g/mol. The number of carbonyl (C=O) groups excluding carboxylic acids is 2. The molecule has 0 radical (unpaired) electrons. The summed E-state index contributed by atoms with van der Waals surface area (Å²) in [6.07, 6.45) is -3.50. The smallest absolute Gasteiger partial charge is 0.347 e. The van der Waals surface area contributed by atoms with Crippen LogP contribution in [0.3, 0.4) is 0 Å². The Labute approximate surface area is 143 Å². The van der Waals surface area contributed by atoms with Crippen molar-refractivity contribution < 1.29 is 27.2 Å². The summed E-state index contributed by atoms with van der Waals surface area (Å²) < 4.78 is 52.9. The normalized spacial score (nSPS) is 19.4. The van der Waals surface area contributed by atoms with Crippen LogP contribution in [-0.2, 0) is 11.0 Å². The number of thiophene rings is 1. The number of fused-ring (bicyclic) bond motifs is 1. The third-order valence-corrected chi connectivity index (χ3v) is 5.78. The minimum Gasteiger partial charge on any atom is -0.347 e. The van der Waals surface area contributed by atoms with Gasteiger partial charge in [0.1, 0.15) is 4.88 Å². The molecule has 4 nitrogen and oxygen atoms in total.